The number of hydrogen-bond donors (Lipinski definition) is 2. The van der Waals surface area contributed by atoms with Crippen molar-refractivity contribution in [3.63, 3.8) is 0 Å². The van der Waals surface area contributed by atoms with E-state index >= 15 is 0 Å². The number of ether oxygens (including phenoxy) is 1. The monoisotopic (exact) mass is 290 g/mol. The first-order chi connectivity index (χ1) is 9.97. The Kier molecular flexibility index (Phi) is 3.33. The first-order valence-electron chi connectivity index (χ1n) is 7.01. The van der Waals surface area contributed by atoms with E-state index in [1.807, 2.05) is 18.2 Å². The average Bonchev–Trinajstić information content (AvgIpc) is 2.95. The molecule has 0 saturated carbocycles. The number of aliphatic carboxylic acids is 1. The molecule has 0 aliphatic carbocycles. The predicted octanol–water partition coefficient (Wildman–Crippen LogP) is 1.17. The molecule has 1 aromatic rings. The number of carboxylic acids is 1. The first kappa shape index (κ1) is 13.9. The average molecular weight is 290 g/mol. The zero-order chi connectivity index (χ0) is 15.1. The number of amides is 1. The van der Waals surface area contributed by atoms with Gasteiger partial charge in [-0.3, -0.25) is 9.59 Å². The van der Waals surface area contributed by atoms with Crippen molar-refractivity contribution >= 4 is 17.6 Å². The molecule has 1 aromatic carbocycles. The van der Waals surface area contributed by atoms with Crippen molar-refractivity contribution in [2.45, 2.75) is 25.5 Å². The second kappa shape index (κ2) is 5.04. The number of carbonyl (C=O) groups excluding carboxylic acids is 1. The fraction of sp³-hybridized carbons (Fsp3) is 0.467. The van der Waals surface area contributed by atoms with Crippen molar-refractivity contribution in [2.24, 2.45) is 5.92 Å². The lowest BCUT2D eigenvalue weighted by atomic mass is 9.99. The highest BCUT2D eigenvalue weighted by Gasteiger charge is 2.33. The van der Waals surface area contributed by atoms with Crippen molar-refractivity contribution in [2.75, 3.05) is 18.5 Å². The summed E-state index contributed by atoms with van der Waals surface area (Å²) in [5, 5.41) is 12.3. The number of rotatable bonds is 2. The zero-order valence-electron chi connectivity index (χ0n) is 12.0. The predicted molar refractivity (Wildman–Crippen MR) is 76.4 cm³/mol. The minimum Gasteiger partial charge on any atom is -0.481 e. The van der Waals surface area contributed by atoms with Gasteiger partial charge < -0.3 is 20.1 Å². The lowest BCUT2D eigenvalue weighted by molar-refractivity contribution is -0.141. The molecule has 0 radical (unpaired) electrons. The van der Waals surface area contributed by atoms with E-state index in [9.17, 15) is 9.59 Å². The number of carbonyl (C=O) groups is 2. The van der Waals surface area contributed by atoms with Crippen LogP contribution in [0.25, 0.3) is 0 Å². The van der Waals surface area contributed by atoms with Gasteiger partial charge in [0, 0.05) is 19.6 Å². The van der Waals surface area contributed by atoms with E-state index in [0.717, 1.165) is 11.3 Å². The molecule has 0 bridgehead atoms. The Hall–Kier alpha value is -2.08. The Morgan fingerprint density at radius 1 is 1.48 bits per heavy atom. The van der Waals surface area contributed by atoms with Gasteiger partial charge >= 0.3 is 5.97 Å². The van der Waals surface area contributed by atoms with Crippen molar-refractivity contribution < 1.29 is 19.4 Å². The Balaban J connectivity index is 1.87. The molecular formula is C15H18N2O4. The molecule has 3 rings (SSSR count). The molecule has 0 spiro atoms. The normalized spacial score (nSPS) is 28.2. The SMILES string of the molecule is CC1Oc2ccc(C3CC(C(=O)O)CN3)cc2N(C)C1=O. The van der Waals surface area contributed by atoms with E-state index in [4.69, 9.17) is 9.84 Å². The van der Waals surface area contributed by atoms with E-state index < -0.39 is 12.1 Å². The fourth-order valence-corrected chi connectivity index (χ4v) is 2.92. The van der Waals surface area contributed by atoms with Crippen LogP contribution in [0.1, 0.15) is 24.9 Å². The number of anilines is 1. The van der Waals surface area contributed by atoms with Gasteiger partial charge in [-0.2, -0.15) is 0 Å². The van der Waals surface area contributed by atoms with Gasteiger partial charge in [0.15, 0.2) is 6.10 Å². The quantitative estimate of drug-likeness (QED) is 0.854. The number of nitrogens with one attached hydrogen (secondary N) is 1. The highest BCUT2D eigenvalue weighted by molar-refractivity contribution is 5.99. The van der Waals surface area contributed by atoms with Crippen molar-refractivity contribution in [3.8, 4) is 5.75 Å². The molecule has 2 aliphatic rings. The molecule has 21 heavy (non-hydrogen) atoms. The third kappa shape index (κ3) is 2.35. The third-order valence-electron chi connectivity index (χ3n) is 4.21. The molecule has 1 amide bonds. The molecule has 1 saturated heterocycles. The molecule has 3 atom stereocenters. The van der Waals surface area contributed by atoms with Gasteiger partial charge in [-0.25, -0.2) is 0 Å². The van der Waals surface area contributed by atoms with Crippen LogP contribution in [0.4, 0.5) is 5.69 Å². The molecule has 2 aliphatic heterocycles. The number of hydrogen-bond acceptors (Lipinski definition) is 4. The maximum atomic E-state index is 12.0. The maximum Gasteiger partial charge on any atom is 0.307 e. The van der Waals surface area contributed by atoms with E-state index in [1.165, 1.54) is 0 Å². The van der Waals surface area contributed by atoms with E-state index in [-0.39, 0.29) is 17.9 Å². The highest BCUT2D eigenvalue weighted by atomic mass is 16.5. The molecule has 2 N–H and O–H groups in total. The summed E-state index contributed by atoms with van der Waals surface area (Å²) in [5.41, 5.74) is 1.71. The van der Waals surface area contributed by atoms with Crippen LogP contribution in [0, 0.1) is 5.92 Å². The van der Waals surface area contributed by atoms with Crippen LogP contribution in [0.2, 0.25) is 0 Å². The molecular weight excluding hydrogens is 272 g/mol. The summed E-state index contributed by atoms with van der Waals surface area (Å²) in [5.74, 6) is -0.530. The summed E-state index contributed by atoms with van der Waals surface area (Å²) in [6.45, 7) is 2.20. The van der Waals surface area contributed by atoms with Crippen molar-refractivity contribution in [3.05, 3.63) is 23.8 Å². The van der Waals surface area contributed by atoms with Crippen LogP contribution in [0.5, 0.6) is 5.75 Å². The molecule has 6 nitrogen and oxygen atoms in total. The lowest BCUT2D eigenvalue weighted by Crippen LogP contribution is -2.42. The van der Waals surface area contributed by atoms with E-state index in [0.29, 0.717) is 18.7 Å². The van der Waals surface area contributed by atoms with E-state index in [2.05, 4.69) is 5.32 Å². The Labute approximate surface area is 122 Å². The first-order valence-corrected chi connectivity index (χ1v) is 7.01. The summed E-state index contributed by atoms with van der Waals surface area (Å²) >= 11 is 0. The van der Waals surface area contributed by atoms with Crippen molar-refractivity contribution in [1.82, 2.24) is 5.32 Å². The van der Waals surface area contributed by atoms with E-state index in [1.54, 1.807) is 18.9 Å². The Morgan fingerprint density at radius 3 is 2.90 bits per heavy atom. The number of benzene rings is 1. The van der Waals surface area contributed by atoms with Gasteiger partial charge in [-0.05, 0) is 31.0 Å². The zero-order valence-corrected chi connectivity index (χ0v) is 12.0. The molecule has 0 aromatic heterocycles. The number of nitrogens with zero attached hydrogens (tertiary/aromatic N) is 1. The summed E-state index contributed by atoms with van der Waals surface area (Å²) in [6, 6.07) is 5.68. The second-order valence-electron chi connectivity index (χ2n) is 5.62. The Bertz CT molecular complexity index is 601. The fourth-order valence-electron chi connectivity index (χ4n) is 2.92. The highest BCUT2D eigenvalue weighted by Crippen LogP contribution is 2.37. The smallest absolute Gasteiger partial charge is 0.307 e. The van der Waals surface area contributed by atoms with Gasteiger partial charge in [0.05, 0.1) is 11.6 Å². The summed E-state index contributed by atoms with van der Waals surface area (Å²) < 4.78 is 5.59. The van der Waals surface area contributed by atoms with Crippen LogP contribution < -0.4 is 15.0 Å². The Morgan fingerprint density at radius 2 is 2.24 bits per heavy atom. The molecule has 3 unspecified atom stereocenters. The molecule has 2 heterocycles. The minimum absolute atomic E-state index is 0.000693. The second-order valence-corrected chi connectivity index (χ2v) is 5.62. The standard InChI is InChI=1S/C15H18N2O4/c1-8-14(18)17(2)12-6-9(3-4-13(12)21-8)11-5-10(7-16-11)15(19)20/h3-4,6,8,10-11,16H,5,7H2,1-2H3,(H,19,20). The van der Waals surface area contributed by atoms with Gasteiger partial charge in [-0.15, -0.1) is 0 Å². The number of carboxylic acid groups (broad SMARTS) is 1. The number of likely N-dealkylation sites (N-methyl/N-ethyl adjacent to an activating group) is 1. The third-order valence-corrected chi connectivity index (χ3v) is 4.21. The van der Waals surface area contributed by atoms with Crippen LogP contribution in [-0.4, -0.2) is 36.7 Å². The minimum atomic E-state index is -0.771. The van der Waals surface area contributed by atoms with Gasteiger partial charge in [0.2, 0.25) is 0 Å². The largest absolute Gasteiger partial charge is 0.481 e. The van der Waals surface area contributed by atoms with Crippen LogP contribution >= 0.6 is 0 Å². The molecule has 112 valence electrons. The summed E-state index contributed by atoms with van der Waals surface area (Å²) in [6.07, 6.45) is 0.0811. The van der Waals surface area contributed by atoms with Crippen LogP contribution in [0.3, 0.4) is 0 Å². The number of fused-ring (bicyclic) bond motifs is 1. The van der Waals surface area contributed by atoms with Gasteiger partial charge in [-0.1, -0.05) is 6.07 Å². The maximum absolute atomic E-state index is 12.0. The van der Waals surface area contributed by atoms with Crippen LogP contribution in [-0.2, 0) is 9.59 Å². The summed E-state index contributed by atoms with van der Waals surface area (Å²) in [4.78, 5) is 24.6. The summed E-state index contributed by atoms with van der Waals surface area (Å²) in [7, 11) is 1.73. The topological polar surface area (TPSA) is 78.9 Å². The van der Waals surface area contributed by atoms with Gasteiger partial charge in [0.25, 0.3) is 5.91 Å². The van der Waals surface area contributed by atoms with Crippen LogP contribution in [0.15, 0.2) is 18.2 Å². The van der Waals surface area contributed by atoms with Crippen molar-refractivity contribution in [1.29, 1.82) is 0 Å². The molecule has 1 fully saturated rings. The molecule has 6 heteroatoms. The lowest BCUT2D eigenvalue weighted by Gasteiger charge is -2.31. The van der Waals surface area contributed by atoms with Gasteiger partial charge in [0.1, 0.15) is 5.75 Å².